The van der Waals surface area contributed by atoms with Crippen LogP contribution < -0.4 is 0 Å². The number of furan rings is 1. The molecule has 1 saturated heterocycles. The van der Waals surface area contributed by atoms with Crippen molar-refractivity contribution in [2.45, 2.75) is 26.8 Å². The Hall–Kier alpha value is -1.29. The number of hydrogen-bond donors (Lipinski definition) is 1. The van der Waals surface area contributed by atoms with E-state index in [1.165, 1.54) is 12.3 Å². The summed E-state index contributed by atoms with van der Waals surface area (Å²) in [5.41, 5.74) is 0.611. The minimum atomic E-state index is -0.915. The van der Waals surface area contributed by atoms with E-state index in [1.54, 1.807) is 0 Å². The van der Waals surface area contributed by atoms with Crippen LogP contribution in [-0.4, -0.2) is 29.1 Å². The fourth-order valence-electron chi connectivity index (χ4n) is 2.22. The third-order valence-electron chi connectivity index (χ3n) is 3.10. The Morgan fingerprint density at radius 3 is 2.94 bits per heavy atom. The molecule has 16 heavy (non-hydrogen) atoms. The molecule has 0 amide bonds. The van der Waals surface area contributed by atoms with Crippen LogP contribution in [0.2, 0.25) is 0 Å². The van der Waals surface area contributed by atoms with E-state index in [-0.39, 0.29) is 5.56 Å². The van der Waals surface area contributed by atoms with Crippen LogP contribution in [0.1, 0.15) is 36.4 Å². The Balaban J connectivity index is 2.05. The van der Waals surface area contributed by atoms with Crippen LogP contribution in [0.15, 0.2) is 16.7 Å². The maximum atomic E-state index is 10.9. The molecule has 4 heteroatoms. The molecular formula is C12H17NO3. The smallest absolute Gasteiger partial charge is 0.339 e. The van der Waals surface area contributed by atoms with Crippen molar-refractivity contribution in [2.75, 3.05) is 13.1 Å². The SMILES string of the molecule is CC1(C)CCN(Cc2occc2C(=O)O)C1. The number of carboxylic acid groups (broad SMARTS) is 1. The molecule has 0 aromatic carbocycles. The predicted molar refractivity (Wildman–Crippen MR) is 59.3 cm³/mol. The molecule has 1 aromatic heterocycles. The fourth-order valence-corrected chi connectivity index (χ4v) is 2.22. The van der Waals surface area contributed by atoms with Gasteiger partial charge in [-0.25, -0.2) is 4.79 Å². The first kappa shape index (κ1) is 11.2. The van der Waals surface area contributed by atoms with E-state index in [4.69, 9.17) is 9.52 Å². The van der Waals surface area contributed by atoms with Gasteiger partial charge in [0, 0.05) is 6.54 Å². The Kier molecular flexibility index (Phi) is 2.76. The van der Waals surface area contributed by atoms with Crippen molar-refractivity contribution in [3.8, 4) is 0 Å². The third kappa shape index (κ3) is 2.27. The second kappa shape index (κ2) is 3.94. The van der Waals surface area contributed by atoms with Crippen LogP contribution >= 0.6 is 0 Å². The monoisotopic (exact) mass is 223 g/mol. The lowest BCUT2D eigenvalue weighted by atomic mass is 9.93. The summed E-state index contributed by atoms with van der Waals surface area (Å²) in [7, 11) is 0. The van der Waals surface area contributed by atoms with E-state index in [9.17, 15) is 4.79 Å². The van der Waals surface area contributed by atoms with Gasteiger partial charge < -0.3 is 9.52 Å². The summed E-state index contributed by atoms with van der Waals surface area (Å²) in [5.74, 6) is -0.354. The van der Waals surface area contributed by atoms with Crippen LogP contribution in [-0.2, 0) is 6.54 Å². The Morgan fingerprint density at radius 1 is 1.62 bits per heavy atom. The lowest BCUT2D eigenvalue weighted by Crippen LogP contribution is -2.23. The average Bonchev–Trinajstić information content (AvgIpc) is 2.73. The summed E-state index contributed by atoms with van der Waals surface area (Å²) in [4.78, 5) is 13.1. The van der Waals surface area contributed by atoms with Crippen LogP contribution in [0.4, 0.5) is 0 Å². The van der Waals surface area contributed by atoms with Crippen molar-refractivity contribution in [2.24, 2.45) is 5.41 Å². The van der Waals surface area contributed by atoms with Gasteiger partial charge in [-0.1, -0.05) is 13.8 Å². The molecule has 0 aliphatic carbocycles. The number of hydrogen-bond acceptors (Lipinski definition) is 3. The van der Waals surface area contributed by atoms with Crippen molar-refractivity contribution in [3.05, 3.63) is 23.7 Å². The molecule has 2 rings (SSSR count). The second-order valence-electron chi connectivity index (χ2n) is 5.19. The zero-order valence-corrected chi connectivity index (χ0v) is 9.69. The topological polar surface area (TPSA) is 53.7 Å². The zero-order chi connectivity index (χ0) is 11.8. The van der Waals surface area contributed by atoms with Crippen molar-refractivity contribution in [3.63, 3.8) is 0 Å². The second-order valence-corrected chi connectivity index (χ2v) is 5.19. The number of rotatable bonds is 3. The highest BCUT2D eigenvalue weighted by atomic mass is 16.4. The van der Waals surface area contributed by atoms with Crippen molar-refractivity contribution < 1.29 is 14.3 Å². The van der Waals surface area contributed by atoms with E-state index in [0.717, 1.165) is 19.5 Å². The van der Waals surface area contributed by atoms with E-state index in [2.05, 4.69) is 18.7 Å². The fraction of sp³-hybridized carbons (Fsp3) is 0.583. The van der Waals surface area contributed by atoms with Gasteiger partial charge in [0.2, 0.25) is 0 Å². The normalized spacial score (nSPS) is 20.1. The molecule has 0 unspecified atom stereocenters. The largest absolute Gasteiger partial charge is 0.478 e. The van der Waals surface area contributed by atoms with Gasteiger partial charge in [0.1, 0.15) is 11.3 Å². The standard InChI is InChI=1S/C12H17NO3/c1-12(2)4-5-13(8-12)7-10-9(11(14)15)3-6-16-10/h3,6H,4-5,7-8H2,1-2H3,(H,14,15). The van der Waals surface area contributed by atoms with E-state index in [0.29, 0.717) is 17.7 Å². The van der Waals surface area contributed by atoms with Crippen LogP contribution in [0, 0.1) is 5.41 Å². The minimum absolute atomic E-state index is 0.282. The summed E-state index contributed by atoms with van der Waals surface area (Å²) in [5, 5.41) is 8.95. The summed E-state index contributed by atoms with van der Waals surface area (Å²) in [6.45, 7) is 7.05. The Labute approximate surface area is 94.9 Å². The van der Waals surface area contributed by atoms with Gasteiger partial charge in [0.05, 0.1) is 12.8 Å². The first-order valence-corrected chi connectivity index (χ1v) is 5.50. The van der Waals surface area contributed by atoms with Crippen LogP contribution in [0.3, 0.4) is 0 Å². The Morgan fingerprint density at radius 2 is 2.38 bits per heavy atom. The molecule has 0 atom stereocenters. The summed E-state index contributed by atoms with van der Waals surface area (Å²) < 4.78 is 5.23. The number of likely N-dealkylation sites (tertiary alicyclic amines) is 1. The lowest BCUT2D eigenvalue weighted by Gasteiger charge is -2.18. The van der Waals surface area contributed by atoms with Crippen molar-refractivity contribution in [1.29, 1.82) is 0 Å². The van der Waals surface area contributed by atoms with Gasteiger partial charge in [-0.2, -0.15) is 0 Å². The molecule has 0 bridgehead atoms. The van der Waals surface area contributed by atoms with E-state index in [1.807, 2.05) is 0 Å². The highest BCUT2D eigenvalue weighted by molar-refractivity contribution is 5.88. The van der Waals surface area contributed by atoms with Gasteiger partial charge in [-0.15, -0.1) is 0 Å². The Bertz CT molecular complexity index is 395. The number of aromatic carboxylic acids is 1. The molecule has 0 spiro atoms. The van der Waals surface area contributed by atoms with Gasteiger partial charge in [-0.05, 0) is 24.4 Å². The first-order chi connectivity index (χ1) is 7.48. The van der Waals surface area contributed by atoms with E-state index < -0.39 is 5.97 Å². The van der Waals surface area contributed by atoms with Crippen molar-refractivity contribution in [1.82, 2.24) is 4.90 Å². The molecule has 4 nitrogen and oxygen atoms in total. The quantitative estimate of drug-likeness (QED) is 0.853. The predicted octanol–water partition coefficient (Wildman–Crippen LogP) is 2.21. The molecule has 0 saturated carbocycles. The summed E-state index contributed by atoms with van der Waals surface area (Å²) in [6, 6.07) is 1.51. The molecule has 2 heterocycles. The molecule has 1 fully saturated rings. The molecule has 88 valence electrons. The van der Waals surface area contributed by atoms with Gasteiger partial charge in [-0.3, -0.25) is 4.90 Å². The molecule has 1 aliphatic heterocycles. The number of carboxylic acids is 1. The number of nitrogens with zero attached hydrogens (tertiary/aromatic N) is 1. The molecular weight excluding hydrogens is 206 g/mol. The minimum Gasteiger partial charge on any atom is -0.478 e. The first-order valence-electron chi connectivity index (χ1n) is 5.50. The molecule has 0 radical (unpaired) electrons. The molecule has 1 aromatic rings. The van der Waals surface area contributed by atoms with Crippen LogP contribution in [0.25, 0.3) is 0 Å². The van der Waals surface area contributed by atoms with Gasteiger partial charge >= 0.3 is 5.97 Å². The number of carbonyl (C=O) groups is 1. The highest BCUT2D eigenvalue weighted by Gasteiger charge is 2.30. The average molecular weight is 223 g/mol. The van der Waals surface area contributed by atoms with Gasteiger partial charge in [0.15, 0.2) is 0 Å². The lowest BCUT2D eigenvalue weighted by molar-refractivity contribution is 0.0693. The third-order valence-corrected chi connectivity index (χ3v) is 3.10. The van der Waals surface area contributed by atoms with Crippen LogP contribution in [0.5, 0.6) is 0 Å². The van der Waals surface area contributed by atoms with E-state index >= 15 is 0 Å². The zero-order valence-electron chi connectivity index (χ0n) is 9.69. The molecule has 1 aliphatic rings. The summed E-state index contributed by atoms with van der Waals surface area (Å²) in [6.07, 6.45) is 2.59. The molecule has 1 N–H and O–H groups in total. The maximum Gasteiger partial charge on any atom is 0.339 e. The highest BCUT2D eigenvalue weighted by Crippen LogP contribution is 2.30. The maximum absolute atomic E-state index is 10.9. The van der Waals surface area contributed by atoms with Crippen molar-refractivity contribution >= 4 is 5.97 Å². The van der Waals surface area contributed by atoms with Gasteiger partial charge in [0.25, 0.3) is 0 Å². The summed E-state index contributed by atoms with van der Waals surface area (Å²) >= 11 is 0.